The Morgan fingerprint density at radius 3 is 2.58 bits per heavy atom. The number of oxime groups is 1. The molecule has 62 valence electrons. The van der Waals surface area contributed by atoms with Crippen molar-refractivity contribution in [3.8, 4) is 0 Å². The molecule has 0 saturated heterocycles. The predicted octanol–water partition coefficient (Wildman–Crippen LogP) is 2.73. The summed E-state index contributed by atoms with van der Waals surface area (Å²) in [5, 5.41) is 11.4. The van der Waals surface area contributed by atoms with E-state index in [4.69, 9.17) is 16.8 Å². The first kappa shape index (κ1) is 8.81. The second-order valence-electron chi connectivity index (χ2n) is 2.18. The molecular weight excluding hydrogens is 174 g/mol. The monoisotopic (exact) mass is 181 g/mol. The molecule has 0 bridgehead atoms. The Balaban J connectivity index is 2.81. The molecule has 1 aromatic rings. The van der Waals surface area contributed by atoms with Crippen molar-refractivity contribution in [2.24, 2.45) is 5.16 Å². The normalized spacial score (nSPS) is 12.2. The molecule has 0 atom stereocenters. The smallest absolute Gasteiger partial charge is 0.0847 e. The average molecular weight is 182 g/mol. The van der Waals surface area contributed by atoms with E-state index < -0.39 is 0 Å². The summed E-state index contributed by atoms with van der Waals surface area (Å²) in [5.74, 6) is 0. The van der Waals surface area contributed by atoms with E-state index in [-0.39, 0.29) is 0 Å². The van der Waals surface area contributed by atoms with Crippen LogP contribution in [0.1, 0.15) is 5.56 Å². The van der Waals surface area contributed by atoms with E-state index in [2.05, 4.69) is 5.16 Å². The van der Waals surface area contributed by atoms with Gasteiger partial charge in [-0.3, -0.25) is 0 Å². The molecule has 0 radical (unpaired) electrons. The van der Waals surface area contributed by atoms with Crippen LogP contribution < -0.4 is 0 Å². The molecule has 3 heteroatoms. The maximum Gasteiger partial charge on any atom is 0.0847 e. The van der Waals surface area contributed by atoms with Crippen molar-refractivity contribution >= 4 is 23.9 Å². The minimum atomic E-state index is 0.392. The summed E-state index contributed by atoms with van der Waals surface area (Å²) >= 11 is 5.67. The zero-order chi connectivity index (χ0) is 8.81. The molecule has 0 saturated carbocycles. The summed E-state index contributed by atoms with van der Waals surface area (Å²) in [5.41, 5.74) is 0.974. The summed E-state index contributed by atoms with van der Waals surface area (Å²) in [6.07, 6.45) is 2.88. The molecule has 1 N–H and O–H groups in total. The molecule has 0 spiro atoms. The molecule has 0 fully saturated rings. The van der Waals surface area contributed by atoms with Crippen molar-refractivity contribution in [2.45, 2.75) is 0 Å². The van der Waals surface area contributed by atoms with Crippen molar-refractivity contribution < 1.29 is 5.21 Å². The summed E-state index contributed by atoms with van der Waals surface area (Å²) in [7, 11) is 0. The van der Waals surface area contributed by atoms with Gasteiger partial charge < -0.3 is 5.21 Å². The van der Waals surface area contributed by atoms with Gasteiger partial charge in [0, 0.05) is 0 Å². The molecule has 0 heterocycles. The van der Waals surface area contributed by atoms with Crippen molar-refractivity contribution in [2.75, 3.05) is 0 Å². The minimum absolute atomic E-state index is 0.392. The van der Waals surface area contributed by atoms with E-state index in [1.807, 2.05) is 30.3 Å². The Morgan fingerprint density at radius 1 is 1.33 bits per heavy atom. The Hall–Kier alpha value is -1.28. The quantitative estimate of drug-likeness (QED) is 0.425. The van der Waals surface area contributed by atoms with Gasteiger partial charge in [0.1, 0.15) is 0 Å². The van der Waals surface area contributed by atoms with E-state index in [1.54, 1.807) is 6.08 Å². The van der Waals surface area contributed by atoms with Crippen LogP contribution in [0.2, 0.25) is 0 Å². The lowest BCUT2D eigenvalue weighted by atomic mass is 10.2. The van der Waals surface area contributed by atoms with Gasteiger partial charge in [-0.15, -0.1) is 0 Å². The lowest BCUT2D eigenvalue weighted by Gasteiger charge is -1.90. The van der Waals surface area contributed by atoms with Crippen LogP contribution in [0.5, 0.6) is 0 Å². The standard InChI is InChI=1S/C9H8ClNO/c10-9(7-11-12)6-8-4-2-1-3-5-8/h1-7,12H/b9-6+,11-7+. The van der Waals surface area contributed by atoms with Gasteiger partial charge in [0.15, 0.2) is 0 Å². The van der Waals surface area contributed by atoms with Gasteiger partial charge in [0.25, 0.3) is 0 Å². The van der Waals surface area contributed by atoms with Crippen LogP contribution in [0.25, 0.3) is 6.08 Å². The lowest BCUT2D eigenvalue weighted by molar-refractivity contribution is 0.322. The molecule has 0 aliphatic rings. The first-order valence-electron chi connectivity index (χ1n) is 3.42. The van der Waals surface area contributed by atoms with Gasteiger partial charge in [-0.1, -0.05) is 47.1 Å². The Kier molecular flexibility index (Phi) is 3.35. The topological polar surface area (TPSA) is 32.6 Å². The molecule has 1 aromatic carbocycles. The van der Waals surface area contributed by atoms with Crippen molar-refractivity contribution in [1.82, 2.24) is 0 Å². The molecule has 0 aliphatic heterocycles. The number of nitrogens with zero attached hydrogens (tertiary/aromatic N) is 1. The minimum Gasteiger partial charge on any atom is -0.411 e. The Bertz CT molecular complexity index is 293. The molecule has 0 aliphatic carbocycles. The number of benzene rings is 1. The van der Waals surface area contributed by atoms with Crippen molar-refractivity contribution in [1.29, 1.82) is 0 Å². The molecular formula is C9H8ClNO. The first-order valence-corrected chi connectivity index (χ1v) is 3.80. The third-order valence-corrected chi connectivity index (χ3v) is 1.49. The van der Waals surface area contributed by atoms with Crippen LogP contribution >= 0.6 is 11.6 Å². The molecule has 0 amide bonds. The van der Waals surface area contributed by atoms with E-state index in [0.29, 0.717) is 5.03 Å². The predicted molar refractivity (Wildman–Crippen MR) is 50.6 cm³/mol. The highest BCUT2D eigenvalue weighted by molar-refractivity contribution is 6.41. The second kappa shape index (κ2) is 4.57. The van der Waals surface area contributed by atoms with E-state index in [9.17, 15) is 0 Å². The summed E-state index contributed by atoms with van der Waals surface area (Å²) < 4.78 is 0. The van der Waals surface area contributed by atoms with Crippen molar-refractivity contribution in [3.63, 3.8) is 0 Å². The third-order valence-electron chi connectivity index (χ3n) is 1.29. The fraction of sp³-hybridized carbons (Fsp3) is 0. The lowest BCUT2D eigenvalue weighted by Crippen LogP contribution is -1.75. The number of hydrogen-bond acceptors (Lipinski definition) is 2. The maximum absolute atomic E-state index is 8.16. The van der Waals surface area contributed by atoms with Crippen LogP contribution in [-0.4, -0.2) is 11.4 Å². The zero-order valence-corrected chi connectivity index (χ0v) is 7.07. The summed E-state index contributed by atoms with van der Waals surface area (Å²) in [6, 6.07) is 9.56. The second-order valence-corrected chi connectivity index (χ2v) is 2.62. The maximum atomic E-state index is 8.16. The van der Waals surface area contributed by atoms with Crippen LogP contribution in [0, 0.1) is 0 Å². The van der Waals surface area contributed by atoms with E-state index >= 15 is 0 Å². The van der Waals surface area contributed by atoms with Gasteiger partial charge in [-0.2, -0.15) is 0 Å². The van der Waals surface area contributed by atoms with Gasteiger partial charge >= 0.3 is 0 Å². The number of allylic oxidation sites excluding steroid dienone is 1. The fourth-order valence-electron chi connectivity index (χ4n) is 0.801. The first-order chi connectivity index (χ1) is 5.83. The van der Waals surface area contributed by atoms with E-state index in [0.717, 1.165) is 5.56 Å². The van der Waals surface area contributed by atoms with Gasteiger partial charge in [-0.05, 0) is 11.6 Å². The summed E-state index contributed by atoms with van der Waals surface area (Å²) in [6.45, 7) is 0. The van der Waals surface area contributed by atoms with Crippen LogP contribution in [0.3, 0.4) is 0 Å². The Labute approximate surface area is 75.8 Å². The largest absolute Gasteiger partial charge is 0.411 e. The van der Waals surface area contributed by atoms with Crippen molar-refractivity contribution in [3.05, 3.63) is 40.9 Å². The van der Waals surface area contributed by atoms with Gasteiger partial charge in [-0.25, -0.2) is 0 Å². The molecule has 2 nitrogen and oxygen atoms in total. The highest BCUT2D eigenvalue weighted by Gasteiger charge is 1.87. The van der Waals surface area contributed by atoms with Gasteiger partial charge in [0.2, 0.25) is 0 Å². The highest BCUT2D eigenvalue weighted by atomic mass is 35.5. The van der Waals surface area contributed by atoms with Crippen LogP contribution in [0.4, 0.5) is 0 Å². The number of hydrogen-bond donors (Lipinski definition) is 1. The molecule has 0 unspecified atom stereocenters. The summed E-state index contributed by atoms with van der Waals surface area (Å²) in [4.78, 5) is 0. The van der Waals surface area contributed by atoms with Crippen LogP contribution in [-0.2, 0) is 0 Å². The SMILES string of the molecule is O/N=C/C(Cl)=C\c1ccccc1. The third kappa shape index (κ3) is 2.76. The van der Waals surface area contributed by atoms with E-state index in [1.165, 1.54) is 6.21 Å². The average Bonchev–Trinajstić information content (AvgIpc) is 2.06. The Morgan fingerprint density at radius 2 is 2.00 bits per heavy atom. The highest BCUT2D eigenvalue weighted by Crippen LogP contribution is 2.07. The van der Waals surface area contributed by atoms with Crippen LogP contribution in [0.15, 0.2) is 40.5 Å². The number of halogens is 1. The van der Waals surface area contributed by atoms with Gasteiger partial charge in [0.05, 0.1) is 11.2 Å². The number of rotatable bonds is 2. The molecule has 0 aromatic heterocycles. The fourth-order valence-corrected chi connectivity index (χ4v) is 0.971. The molecule has 1 rings (SSSR count). The molecule has 12 heavy (non-hydrogen) atoms. The zero-order valence-electron chi connectivity index (χ0n) is 6.31.